The van der Waals surface area contributed by atoms with E-state index in [1.54, 1.807) is 0 Å². The SMILES string of the molecule is CC(C)(C)NCc1ccc(N2CCNC(=O)CC2)nc1. The summed E-state index contributed by atoms with van der Waals surface area (Å²) in [6, 6.07) is 4.14. The number of aromatic nitrogens is 1. The van der Waals surface area contributed by atoms with Crippen molar-refractivity contribution in [3.63, 3.8) is 0 Å². The molecule has 0 saturated carbocycles. The highest BCUT2D eigenvalue weighted by Gasteiger charge is 2.14. The van der Waals surface area contributed by atoms with Crippen LogP contribution in [0.4, 0.5) is 5.82 Å². The topological polar surface area (TPSA) is 57.3 Å². The van der Waals surface area contributed by atoms with Gasteiger partial charge in [-0.15, -0.1) is 0 Å². The van der Waals surface area contributed by atoms with Crippen molar-refractivity contribution in [2.24, 2.45) is 0 Å². The Morgan fingerprint density at radius 2 is 2.15 bits per heavy atom. The molecule has 2 heterocycles. The first-order valence-corrected chi connectivity index (χ1v) is 7.16. The number of carbonyl (C=O) groups excluding carboxylic acids is 1. The number of anilines is 1. The van der Waals surface area contributed by atoms with Crippen molar-refractivity contribution in [2.75, 3.05) is 24.5 Å². The monoisotopic (exact) mass is 276 g/mol. The van der Waals surface area contributed by atoms with Gasteiger partial charge < -0.3 is 15.5 Å². The Morgan fingerprint density at radius 1 is 1.35 bits per heavy atom. The van der Waals surface area contributed by atoms with Crippen molar-refractivity contribution in [2.45, 2.75) is 39.3 Å². The van der Waals surface area contributed by atoms with Crippen molar-refractivity contribution in [3.8, 4) is 0 Å². The first-order valence-electron chi connectivity index (χ1n) is 7.16. The highest BCUT2D eigenvalue weighted by atomic mass is 16.1. The lowest BCUT2D eigenvalue weighted by Gasteiger charge is -2.22. The zero-order valence-electron chi connectivity index (χ0n) is 12.6. The van der Waals surface area contributed by atoms with Crippen LogP contribution < -0.4 is 15.5 Å². The fourth-order valence-corrected chi connectivity index (χ4v) is 2.07. The third-order valence-electron chi connectivity index (χ3n) is 3.27. The second-order valence-electron chi connectivity index (χ2n) is 6.22. The van der Waals surface area contributed by atoms with E-state index in [1.807, 2.05) is 12.3 Å². The highest BCUT2D eigenvalue weighted by Crippen LogP contribution is 2.13. The average molecular weight is 276 g/mol. The fourth-order valence-electron chi connectivity index (χ4n) is 2.07. The Bertz CT molecular complexity index is 450. The Labute approximate surface area is 120 Å². The predicted molar refractivity (Wildman–Crippen MR) is 80.7 cm³/mol. The lowest BCUT2D eigenvalue weighted by molar-refractivity contribution is -0.120. The van der Waals surface area contributed by atoms with Crippen LogP contribution in [0, 0.1) is 0 Å². The van der Waals surface area contributed by atoms with E-state index in [2.05, 4.69) is 47.4 Å². The van der Waals surface area contributed by atoms with E-state index in [4.69, 9.17) is 0 Å². The van der Waals surface area contributed by atoms with Gasteiger partial charge in [0.05, 0.1) is 0 Å². The van der Waals surface area contributed by atoms with E-state index >= 15 is 0 Å². The predicted octanol–water partition coefficient (Wildman–Crippen LogP) is 1.30. The Hall–Kier alpha value is -1.62. The quantitative estimate of drug-likeness (QED) is 0.873. The second kappa shape index (κ2) is 6.22. The minimum Gasteiger partial charge on any atom is -0.354 e. The molecular weight excluding hydrogens is 252 g/mol. The first-order chi connectivity index (χ1) is 9.44. The lowest BCUT2D eigenvalue weighted by atomic mass is 10.1. The largest absolute Gasteiger partial charge is 0.354 e. The molecule has 0 radical (unpaired) electrons. The van der Waals surface area contributed by atoms with Crippen molar-refractivity contribution in [3.05, 3.63) is 23.9 Å². The molecule has 0 unspecified atom stereocenters. The molecule has 0 aliphatic carbocycles. The molecular formula is C15H24N4O. The molecule has 1 aliphatic heterocycles. The van der Waals surface area contributed by atoms with E-state index < -0.39 is 0 Å². The smallest absolute Gasteiger partial charge is 0.221 e. The maximum Gasteiger partial charge on any atom is 0.221 e. The number of hydrogen-bond acceptors (Lipinski definition) is 4. The van der Waals surface area contributed by atoms with Crippen LogP contribution >= 0.6 is 0 Å². The van der Waals surface area contributed by atoms with Gasteiger partial charge in [0.15, 0.2) is 0 Å². The lowest BCUT2D eigenvalue weighted by Crippen LogP contribution is -2.35. The van der Waals surface area contributed by atoms with Crippen molar-refractivity contribution in [1.82, 2.24) is 15.6 Å². The van der Waals surface area contributed by atoms with Gasteiger partial charge in [-0.3, -0.25) is 4.79 Å². The standard InChI is InChI=1S/C15H24N4O/c1-15(2,3)18-11-12-4-5-13(17-10-12)19-8-6-14(20)16-7-9-19/h4-5,10,18H,6-9,11H2,1-3H3,(H,16,20). The van der Waals surface area contributed by atoms with Crippen molar-refractivity contribution < 1.29 is 4.79 Å². The molecule has 1 aromatic heterocycles. The van der Waals surface area contributed by atoms with Crippen LogP contribution in [-0.4, -0.2) is 36.1 Å². The van der Waals surface area contributed by atoms with Crippen LogP contribution in [0.15, 0.2) is 18.3 Å². The summed E-state index contributed by atoms with van der Waals surface area (Å²) in [5.74, 6) is 1.07. The van der Waals surface area contributed by atoms with E-state index in [0.29, 0.717) is 13.0 Å². The van der Waals surface area contributed by atoms with E-state index in [-0.39, 0.29) is 11.4 Å². The van der Waals surface area contributed by atoms with Crippen LogP contribution in [0.3, 0.4) is 0 Å². The molecule has 1 amide bonds. The summed E-state index contributed by atoms with van der Waals surface area (Å²) in [6.45, 7) is 9.50. The molecule has 0 bridgehead atoms. The van der Waals surface area contributed by atoms with Gasteiger partial charge in [-0.1, -0.05) is 6.07 Å². The van der Waals surface area contributed by atoms with Crippen molar-refractivity contribution in [1.29, 1.82) is 0 Å². The van der Waals surface area contributed by atoms with Crippen LogP contribution in [0.5, 0.6) is 0 Å². The third kappa shape index (κ3) is 4.49. The van der Waals surface area contributed by atoms with Gasteiger partial charge in [-0.05, 0) is 32.4 Å². The Morgan fingerprint density at radius 3 is 2.80 bits per heavy atom. The summed E-state index contributed by atoms with van der Waals surface area (Å²) < 4.78 is 0. The molecule has 20 heavy (non-hydrogen) atoms. The zero-order chi connectivity index (χ0) is 14.6. The fraction of sp³-hybridized carbons (Fsp3) is 0.600. The number of hydrogen-bond donors (Lipinski definition) is 2. The summed E-state index contributed by atoms with van der Waals surface area (Å²) in [5.41, 5.74) is 1.28. The summed E-state index contributed by atoms with van der Waals surface area (Å²) in [7, 11) is 0. The van der Waals surface area contributed by atoms with Gasteiger partial charge in [-0.2, -0.15) is 0 Å². The summed E-state index contributed by atoms with van der Waals surface area (Å²) in [5, 5.41) is 6.32. The van der Waals surface area contributed by atoms with Gasteiger partial charge >= 0.3 is 0 Å². The molecule has 0 atom stereocenters. The zero-order valence-corrected chi connectivity index (χ0v) is 12.6. The molecule has 1 aromatic rings. The molecule has 2 N–H and O–H groups in total. The van der Waals surface area contributed by atoms with Crippen LogP contribution in [0.2, 0.25) is 0 Å². The normalized spacial score (nSPS) is 16.8. The van der Waals surface area contributed by atoms with E-state index in [0.717, 1.165) is 25.5 Å². The average Bonchev–Trinajstić information content (AvgIpc) is 2.61. The van der Waals surface area contributed by atoms with Crippen LogP contribution in [0.25, 0.3) is 0 Å². The number of rotatable bonds is 3. The van der Waals surface area contributed by atoms with Crippen LogP contribution in [-0.2, 0) is 11.3 Å². The summed E-state index contributed by atoms with van der Waals surface area (Å²) in [4.78, 5) is 18.0. The van der Waals surface area contributed by atoms with Gasteiger partial charge in [0.1, 0.15) is 5.82 Å². The molecule has 0 spiro atoms. The van der Waals surface area contributed by atoms with Gasteiger partial charge in [-0.25, -0.2) is 4.98 Å². The number of nitrogens with one attached hydrogen (secondary N) is 2. The van der Waals surface area contributed by atoms with E-state index in [1.165, 1.54) is 5.56 Å². The van der Waals surface area contributed by atoms with Gasteiger partial charge in [0, 0.05) is 44.3 Å². The summed E-state index contributed by atoms with van der Waals surface area (Å²) >= 11 is 0. The third-order valence-corrected chi connectivity index (χ3v) is 3.27. The van der Waals surface area contributed by atoms with E-state index in [9.17, 15) is 4.79 Å². The molecule has 5 nitrogen and oxygen atoms in total. The minimum atomic E-state index is 0.107. The van der Waals surface area contributed by atoms with Gasteiger partial charge in [0.2, 0.25) is 5.91 Å². The number of amides is 1. The number of carbonyl (C=O) groups is 1. The minimum absolute atomic E-state index is 0.107. The van der Waals surface area contributed by atoms with Crippen LogP contribution in [0.1, 0.15) is 32.8 Å². The maximum absolute atomic E-state index is 11.3. The Balaban J connectivity index is 1.95. The van der Waals surface area contributed by atoms with Crippen molar-refractivity contribution >= 4 is 11.7 Å². The molecule has 0 aromatic carbocycles. The second-order valence-corrected chi connectivity index (χ2v) is 6.22. The maximum atomic E-state index is 11.3. The molecule has 2 rings (SSSR count). The highest BCUT2D eigenvalue weighted by molar-refractivity contribution is 5.77. The molecule has 1 saturated heterocycles. The molecule has 110 valence electrons. The van der Waals surface area contributed by atoms with Gasteiger partial charge in [0.25, 0.3) is 0 Å². The molecule has 1 aliphatic rings. The summed E-state index contributed by atoms with van der Waals surface area (Å²) in [6.07, 6.45) is 2.45. The first kappa shape index (κ1) is 14.8. The number of pyridine rings is 1. The molecule has 5 heteroatoms. The number of nitrogens with zero attached hydrogens (tertiary/aromatic N) is 2. The molecule has 1 fully saturated rings. The Kier molecular flexibility index (Phi) is 4.60.